The van der Waals surface area contributed by atoms with Gasteiger partial charge in [0.1, 0.15) is 0 Å². The molecule has 9 heteroatoms. The van der Waals surface area contributed by atoms with Gasteiger partial charge in [0.25, 0.3) is 5.56 Å². The van der Waals surface area contributed by atoms with Crippen LogP contribution in [0.3, 0.4) is 0 Å². The summed E-state index contributed by atoms with van der Waals surface area (Å²) in [7, 11) is 3.04. The molecule has 1 aromatic heterocycles. The summed E-state index contributed by atoms with van der Waals surface area (Å²) < 4.78 is 2.46. The molecular formula is C18H22Cl2N4O3. The van der Waals surface area contributed by atoms with Gasteiger partial charge in [0.05, 0.1) is 17.3 Å². The Morgan fingerprint density at radius 1 is 1.15 bits per heavy atom. The molecule has 0 aliphatic carbocycles. The maximum Gasteiger partial charge on any atom is 0.330 e. The Balaban J connectivity index is 2.15. The van der Waals surface area contributed by atoms with Crippen LogP contribution in [0.2, 0.25) is 10.0 Å². The number of hydrogen-bond acceptors (Lipinski definition) is 4. The Hall–Kier alpha value is -2.09. The topological polar surface area (TPSA) is 76.3 Å². The Kier molecular flexibility index (Phi) is 7.24. The van der Waals surface area contributed by atoms with Gasteiger partial charge in [-0.2, -0.15) is 0 Å². The quantitative estimate of drug-likeness (QED) is 0.756. The SMILES string of the molecule is CCCN(CC(=O)Nc1ccc(Cl)cc1Cl)Cc1cc(=O)n(C)c(=O)n1C. The van der Waals surface area contributed by atoms with Gasteiger partial charge in [0, 0.05) is 37.4 Å². The normalized spacial score (nSPS) is 11.0. The second-order valence-electron chi connectivity index (χ2n) is 6.26. The summed E-state index contributed by atoms with van der Waals surface area (Å²) in [6.07, 6.45) is 0.813. The van der Waals surface area contributed by atoms with Gasteiger partial charge in [0.15, 0.2) is 0 Å². The van der Waals surface area contributed by atoms with Gasteiger partial charge in [-0.15, -0.1) is 0 Å². The first-order valence-electron chi connectivity index (χ1n) is 8.46. The average molecular weight is 413 g/mol. The Bertz CT molecular complexity index is 953. The highest BCUT2D eigenvalue weighted by atomic mass is 35.5. The molecule has 1 N–H and O–H groups in total. The Morgan fingerprint density at radius 3 is 2.48 bits per heavy atom. The van der Waals surface area contributed by atoms with Crippen molar-refractivity contribution in [2.24, 2.45) is 14.1 Å². The molecule has 1 heterocycles. The highest BCUT2D eigenvalue weighted by molar-refractivity contribution is 6.36. The van der Waals surface area contributed by atoms with Crippen LogP contribution in [0.4, 0.5) is 5.69 Å². The lowest BCUT2D eigenvalue weighted by atomic mass is 10.3. The third kappa shape index (κ3) is 5.45. The van der Waals surface area contributed by atoms with Crippen LogP contribution < -0.4 is 16.6 Å². The third-order valence-electron chi connectivity index (χ3n) is 4.12. The number of rotatable bonds is 7. The summed E-state index contributed by atoms with van der Waals surface area (Å²) in [5, 5.41) is 3.59. The molecular weight excluding hydrogens is 391 g/mol. The summed E-state index contributed by atoms with van der Waals surface area (Å²) in [6.45, 7) is 3.02. The van der Waals surface area contributed by atoms with Gasteiger partial charge < -0.3 is 5.32 Å². The first-order chi connectivity index (χ1) is 12.7. The molecule has 0 saturated carbocycles. The van der Waals surface area contributed by atoms with Gasteiger partial charge in [-0.05, 0) is 31.2 Å². The molecule has 0 atom stereocenters. The fourth-order valence-electron chi connectivity index (χ4n) is 2.67. The van der Waals surface area contributed by atoms with Crippen LogP contribution in [-0.4, -0.2) is 33.0 Å². The smallest absolute Gasteiger partial charge is 0.324 e. The number of nitrogens with zero attached hydrogens (tertiary/aromatic N) is 3. The molecule has 2 rings (SSSR count). The number of halogens is 2. The Labute approximate surface area is 167 Å². The number of aromatic nitrogens is 2. The van der Waals surface area contributed by atoms with Crippen molar-refractivity contribution in [1.82, 2.24) is 14.0 Å². The van der Waals surface area contributed by atoms with E-state index in [1.165, 1.54) is 17.7 Å². The van der Waals surface area contributed by atoms with Gasteiger partial charge in [-0.25, -0.2) is 4.79 Å². The molecule has 0 aliphatic rings. The molecule has 27 heavy (non-hydrogen) atoms. The maximum absolute atomic E-state index is 12.4. The largest absolute Gasteiger partial charge is 0.330 e. The first-order valence-corrected chi connectivity index (χ1v) is 9.21. The number of carbonyl (C=O) groups excluding carboxylic acids is 1. The van der Waals surface area contributed by atoms with Crippen LogP contribution in [0.25, 0.3) is 0 Å². The predicted molar refractivity (Wildman–Crippen MR) is 108 cm³/mol. The number of benzene rings is 1. The number of nitrogens with one attached hydrogen (secondary N) is 1. The molecule has 0 unspecified atom stereocenters. The lowest BCUT2D eigenvalue weighted by Crippen LogP contribution is -2.40. The van der Waals surface area contributed by atoms with E-state index >= 15 is 0 Å². The van der Waals surface area contributed by atoms with Gasteiger partial charge >= 0.3 is 5.69 Å². The van der Waals surface area contributed by atoms with Crippen LogP contribution in [0.1, 0.15) is 19.0 Å². The number of amides is 1. The molecule has 0 radical (unpaired) electrons. The highest BCUT2D eigenvalue weighted by Crippen LogP contribution is 2.25. The summed E-state index contributed by atoms with van der Waals surface area (Å²) >= 11 is 11.9. The molecule has 0 aliphatic heterocycles. The minimum atomic E-state index is -0.397. The zero-order valence-corrected chi connectivity index (χ0v) is 17.0. The molecule has 7 nitrogen and oxygen atoms in total. The molecule has 1 aromatic carbocycles. The molecule has 0 spiro atoms. The second-order valence-corrected chi connectivity index (χ2v) is 7.10. The van der Waals surface area contributed by atoms with E-state index < -0.39 is 5.69 Å². The summed E-state index contributed by atoms with van der Waals surface area (Å²) in [6, 6.07) is 6.25. The van der Waals surface area contributed by atoms with Crippen molar-refractivity contribution < 1.29 is 4.79 Å². The van der Waals surface area contributed by atoms with Crippen molar-refractivity contribution in [3.63, 3.8) is 0 Å². The van der Waals surface area contributed by atoms with E-state index in [0.717, 1.165) is 11.0 Å². The molecule has 0 fully saturated rings. The van der Waals surface area contributed by atoms with Gasteiger partial charge in [-0.3, -0.25) is 23.6 Å². The van der Waals surface area contributed by atoms with Crippen LogP contribution >= 0.6 is 23.2 Å². The van der Waals surface area contributed by atoms with Gasteiger partial charge in [-0.1, -0.05) is 30.1 Å². The van der Waals surface area contributed by atoms with Gasteiger partial charge in [0.2, 0.25) is 5.91 Å². The van der Waals surface area contributed by atoms with E-state index in [9.17, 15) is 14.4 Å². The molecule has 0 bridgehead atoms. The van der Waals surface area contributed by atoms with Crippen molar-refractivity contribution in [3.8, 4) is 0 Å². The van der Waals surface area contributed by atoms with E-state index in [4.69, 9.17) is 23.2 Å². The number of carbonyl (C=O) groups is 1. The fraction of sp³-hybridized carbons (Fsp3) is 0.389. The predicted octanol–water partition coefficient (Wildman–Crippen LogP) is 2.24. The summed E-state index contributed by atoms with van der Waals surface area (Å²) in [4.78, 5) is 38.3. The van der Waals surface area contributed by atoms with Crippen LogP contribution in [-0.2, 0) is 25.4 Å². The Morgan fingerprint density at radius 2 is 1.85 bits per heavy atom. The van der Waals surface area contributed by atoms with Crippen LogP contribution in [0, 0.1) is 0 Å². The maximum atomic E-state index is 12.4. The van der Waals surface area contributed by atoms with Crippen molar-refractivity contribution in [2.45, 2.75) is 19.9 Å². The van der Waals surface area contributed by atoms with Crippen molar-refractivity contribution in [2.75, 3.05) is 18.4 Å². The minimum Gasteiger partial charge on any atom is -0.324 e. The summed E-state index contributed by atoms with van der Waals surface area (Å²) in [5.41, 5.74) is 0.255. The first kappa shape index (κ1) is 21.2. The molecule has 1 amide bonds. The monoisotopic (exact) mass is 412 g/mol. The highest BCUT2D eigenvalue weighted by Gasteiger charge is 2.15. The minimum absolute atomic E-state index is 0.0934. The van der Waals surface area contributed by atoms with E-state index in [0.29, 0.717) is 34.5 Å². The number of hydrogen-bond donors (Lipinski definition) is 1. The molecule has 146 valence electrons. The standard InChI is InChI=1S/C18H22Cl2N4O3/c1-4-7-24(10-13-9-17(26)23(3)18(27)22(13)2)11-16(25)21-15-6-5-12(19)8-14(15)20/h5-6,8-9H,4,7,10-11H2,1-3H3,(H,21,25). The lowest BCUT2D eigenvalue weighted by molar-refractivity contribution is -0.117. The van der Waals surface area contributed by atoms with E-state index in [1.54, 1.807) is 25.2 Å². The zero-order valence-electron chi connectivity index (χ0n) is 15.5. The molecule has 2 aromatic rings. The van der Waals surface area contributed by atoms with E-state index in [2.05, 4.69) is 5.32 Å². The third-order valence-corrected chi connectivity index (χ3v) is 4.67. The second kappa shape index (κ2) is 9.21. The molecule has 0 saturated heterocycles. The summed E-state index contributed by atoms with van der Waals surface area (Å²) in [5.74, 6) is -0.249. The lowest BCUT2D eigenvalue weighted by Gasteiger charge is -2.22. The fourth-order valence-corrected chi connectivity index (χ4v) is 3.13. The number of anilines is 1. The van der Waals surface area contributed by atoms with E-state index in [1.807, 2.05) is 11.8 Å². The van der Waals surface area contributed by atoms with Crippen molar-refractivity contribution in [3.05, 3.63) is 60.8 Å². The zero-order chi connectivity index (χ0) is 20.1. The van der Waals surface area contributed by atoms with Crippen LogP contribution in [0.15, 0.2) is 33.9 Å². The van der Waals surface area contributed by atoms with E-state index in [-0.39, 0.29) is 18.0 Å². The average Bonchev–Trinajstić information content (AvgIpc) is 2.60. The van der Waals surface area contributed by atoms with Crippen molar-refractivity contribution >= 4 is 34.8 Å². The van der Waals surface area contributed by atoms with Crippen molar-refractivity contribution in [1.29, 1.82) is 0 Å². The van der Waals surface area contributed by atoms with Crippen LogP contribution in [0.5, 0.6) is 0 Å².